The van der Waals surface area contributed by atoms with Crippen molar-refractivity contribution >= 4 is 22.7 Å². The van der Waals surface area contributed by atoms with Crippen LogP contribution in [0.2, 0.25) is 0 Å². The van der Waals surface area contributed by atoms with Crippen molar-refractivity contribution in [3.8, 4) is 5.69 Å². The summed E-state index contributed by atoms with van der Waals surface area (Å²) < 4.78 is 7.21. The average Bonchev–Trinajstić information content (AvgIpc) is 3.46. The lowest BCUT2D eigenvalue weighted by Gasteiger charge is -2.17. The Balaban J connectivity index is 1.62. The van der Waals surface area contributed by atoms with Gasteiger partial charge in [-0.3, -0.25) is 9.36 Å². The maximum absolute atomic E-state index is 13.5. The van der Waals surface area contributed by atoms with Gasteiger partial charge in [0.2, 0.25) is 5.89 Å². The van der Waals surface area contributed by atoms with Crippen molar-refractivity contribution in [3.05, 3.63) is 75.7 Å². The number of para-hydroxylation sites is 1. The second-order valence-corrected chi connectivity index (χ2v) is 9.18. The highest BCUT2D eigenvalue weighted by Gasteiger charge is 2.30. The first kappa shape index (κ1) is 19.1. The first-order valence-electron chi connectivity index (χ1n) is 10.1. The van der Waals surface area contributed by atoms with E-state index in [1.165, 1.54) is 11.8 Å². The fourth-order valence-corrected chi connectivity index (χ4v) is 4.54. The number of rotatable bonds is 5. The van der Waals surface area contributed by atoms with Crippen molar-refractivity contribution in [2.75, 3.05) is 0 Å². The monoisotopic (exact) mass is 418 g/mol. The van der Waals surface area contributed by atoms with Gasteiger partial charge in [-0.2, -0.15) is 4.98 Å². The number of hydrogen-bond acceptors (Lipinski definition) is 6. The first-order valence-corrected chi connectivity index (χ1v) is 11.0. The predicted octanol–water partition coefficient (Wildman–Crippen LogP) is 5.12. The molecule has 5 rings (SSSR count). The molecule has 2 aromatic carbocycles. The van der Waals surface area contributed by atoms with Crippen LogP contribution in [-0.4, -0.2) is 19.7 Å². The van der Waals surface area contributed by atoms with E-state index in [1.54, 1.807) is 4.57 Å². The molecule has 1 atom stereocenters. The van der Waals surface area contributed by atoms with Gasteiger partial charge in [-0.25, -0.2) is 4.98 Å². The summed E-state index contributed by atoms with van der Waals surface area (Å²) >= 11 is 1.46. The maximum atomic E-state index is 13.5. The van der Waals surface area contributed by atoms with Crippen LogP contribution in [-0.2, 0) is 0 Å². The Labute approximate surface area is 178 Å². The summed E-state index contributed by atoms with van der Waals surface area (Å²) in [7, 11) is 0. The highest BCUT2D eigenvalue weighted by atomic mass is 32.2. The molecule has 152 valence electrons. The van der Waals surface area contributed by atoms with Gasteiger partial charge in [-0.05, 0) is 57.4 Å². The Hall–Kier alpha value is -2.93. The second-order valence-electron chi connectivity index (χ2n) is 7.87. The Morgan fingerprint density at radius 3 is 2.70 bits per heavy atom. The van der Waals surface area contributed by atoms with Gasteiger partial charge in [-0.1, -0.05) is 46.7 Å². The molecular weight excluding hydrogens is 396 g/mol. The molecular formula is C23H22N4O2S. The van der Waals surface area contributed by atoms with Gasteiger partial charge in [0.05, 0.1) is 21.8 Å². The third-order valence-electron chi connectivity index (χ3n) is 5.37. The second kappa shape index (κ2) is 7.40. The van der Waals surface area contributed by atoms with Crippen molar-refractivity contribution in [1.82, 2.24) is 19.7 Å². The van der Waals surface area contributed by atoms with E-state index in [-0.39, 0.29) is 10.8 Å². The summed E-state index contributed by atoms with van der Waals surface area (Å²) in [6.45, 7) is 6.06. The molecule has 6 nitrogen and oxygen atoms in total. The van der Waals surface area contributed by atoms with Gasteiger partial charge in [0.25, 0.3) is 5.56 Å². The maximum Gasteiger partial charge on any atom is 0.266 e. The fourth-order valence-electron chi connectivity index (χ4n) is 3.59. The van der Waals surface area contributed by atoms with E-state index >= 15 is 0 Å². The zero-order chi connectivity index (χ0) is 20.8. The molecule has 0 amide bonds. The number of benzene rings is 2. The van der Waals surface area contributed by atoms with Crippen LogP contribution in [0.15, 0.2) is 56.9 Å². The van der Waals surface area contributed by atoms with Crippen LogP contribution in [0.1, 0.15) is 53.8 Å². The number of aryl methyl sites for hydroxylation is 2. The van der Waals surface area contributed by atoms with Gasteiger partial charge >= 0.3 is 0 Å². The molecule has 1 saturated carbocycles. The van der Waals surface area contributed by atoms with Gasteiger partial charge in [-0.15, -0.1) is 0 Å². The van der Waals surface area contributed by atoms with Crippen LogP contribution in [0.25, 0.3) is 16.6 Å². The van der Waals surface area contributed by atoms with Crippen molar-refractivity contribution in [1.29, 1.82) is 0 Å². The standard InChI is InChI=1S/C23H22N4O2S/c1-13-8-11-19(14(2)12-13)27-22(28)17-6-4-5-7-18(17)24-23(27)30-15(3)21-25-20(26-29-21)16-9-10-16/h4-8,11-12,15-16H,9-10H2,1-3H3. The largest absolute Gasteiger partial charge is 0.338 e. The van der Waals surface area contributed by atoms with E-state index in [4.69, 9.17) is 9.51 Å². The summed E-state index contributed by atoms with van der Waals surface area (Å²) in [5.74, 6) is 1.79. The molecule has 0 radical (unpaired) electrons. The van der Waals surface area contributed by atoms with Crippen molar-refractivity contribution in [2.24, 2.45) is 0 Å². The Bertz CT molecular complexity index is 1310. The molecule has 0 bridgehead atoms. The number of fused-ring (bicyclic) bond motifs is 1. The van der Waals surface area contributed by atoms with Crippen molar-refractivity contribution in [3.63, 3.8) is 0 Å². The van der Waals surface area contributed by atoms with Crippen LogP contribution in [0.4, 0.5) is 0 Å². The molecule has 1 aliphatic rings. The number of aromatic nitrogens is 4. The summed E-state index contributed by atoms with van der Waals surface area (Å²) in [6.07, 6.45) is 2.25. The van der Waals surface area contributed by atoms with Gasteiger partial charge in [0.15, 0.2) is 11.0 Å². The van der Waals surface area contributed by atoms with Gasteiger partial charge in [0.1, 0.15) is 0 Å². The number of thioether (sulfide) groups is 1. The van der Waals surface area contributed by atoms with Gasteiger partial charge in [0, 0.05) is 5.92 Å². The zero-order valence-electron chi connectivity index (χ0n) is 17.1. The highest BCUT2D eigenvalue weighted by molar-refractivity contribution is 7.99. The van der Waals surface area contributed by atoms with E-state index in [0.717, 1.165) is 35.5 Å². The van der Waals surface area contributed by atoms with Crippen LogP contribution >= 0.6 is 11.8 Å². The zero-order valence-corrected chi connectivity index (χ0v) is 17.9. The molecule has 1 aliphatic carbocycles. The van der Waals surface area contributed by atoms with E-state index < -0.39 is 0 Å². The first-order chi connectivity index (χ1) is 14.5. The van der Waals surface area contributed by atoms with Crippen LogP contribution < -0.4 is 5.56 Å². The summed E-state index contributed by atoms with van der Waals surface area (Å²) in [6, 6.07) is 13.5. The summed E-state index contributed by atoms with van der Waals surface area (Å²) in [5, 5.41) is 5.21. The molecule has 0 aliphatic heterocycles. The van der Waals surface area contributed by atoms with E-state index in [1.807, 2.05) is 57.2 Å². The third-order valence-corrected chi connectivity index (χ3v) is 6.41. The van der Waals surface area contributed by atoms with Crippen molar-refractivity contribution < 1.29 is 4.52 Å². The summed E-state index contributed by atoms with van der Waals surface area (Å²) in [4.78, 5) is 22.9. The molecule has 1 unspecified atom stereocenters. The minimum Gasteiger partial charge on any atom is -0.338 e. The minimum absolute atomic E-state index is 0.0774. The highest BCUT2D eigenvalue weighted by Crippen LogP contribution is 2.40. The molecule has 7 heteroatoms. The average molecular weight is 419 g/mol. The molecule has 1 fully saturated rings. The van der Waals surface area contributed by atoms with E-state index in [2.05, 4.69) is 16.2 Å². The molecule has 2 heterocycles. The third kappa shape index (κ3) is 3.43. The molecule has 4 aromatic rings. The Kier molecular flexibility index (Phi) is 4.70. The smallest absolute Gasteiger partial charge is 0.266 e. The van der Waals surface area contributed by atoms with Crippen LogP contribution in [0.3, 0.4) is 0 Å². The molecule has 30 heavy (non-hydrogen) atoms. The number of hydrogen-bond donors (Lipinski definition) is 0. The topological polar surface area (TPSA) is 73.8 Å². The number of nitrogens with zero attached hydrogens (tertiary/aromatic N) is 4. The Morgan fingerprint density at radius 2 is 1.93 bits per heavy atom. The van der Waals surface area contributed by atoms with Crippen molar-refractivity contribution in [2.45, 2.75) is 49.9 Å². The SMILES string of the molecule is Cc1ccc(-n2c(SC(C)c3nc(C4CC4)no3)nc3ccccc3c2=O)c(C)c1. The van der Waals surface area contributed by atoms with Gasteiger partial charge < -0.3 is 4.52 Å². The molecule has 0 saturated heterocycles. The lowest BCUT2D eigenvalue weighted by molar-refractivity contribution is 0.374. The lowest BCUT2D eigenvalue weighted by atomic mass is 10.1. The van der Waals surface area contributed by atoms with E-state index in [0.29, 0.717) is 27.9 Å². The summed E-state index contributed by atoms with van der Waals surface area (Å²) in [5.41, 5.74) is 3.62. The lowest BCUT2D eigenvalue weighted by Crippen LogP contribution is -2.22. The van der Waals surface area contributed by atoms with Crippen LogP contribution in [0, 0.1) is 13.8 Å². The normalized spacial score (nSPS) is 14.9. The van der Waals surface area contributed by atoms with Crippen LogP contribution in [0.5, 0.6) is 0 Å². The quantitative estimate of drug-likeness (QED) is 0.331. The Morgan fingerprint density at radius 1 is 1.13 bits per heavy atom. The fraction of sp³-hybridized carbons (Fsp3) is 0.304. The van der Waals surface area contributed by atoms with E-state index in [9.17, 15) is 4.79 Å². The molecule has 0 spiro atoms. The molecule has 2 aromatic heterocycles. The minimum atomic E-state index is -0.130. The predicted molar refractivity (Wildman–Crippen MR) is 117 cm³/mol. The molecule has 0 N–H and O–H groups in total.